The van der Waals surface area contributed by atoms with Gasteiger partial charge in [0.2, 0.25) is 0 Å². The molecule has 0 saturated carbocycles. The third kappa shape index (κ3) is 17.4. The van der Waals surface area contributed by atoms with Gasteiger partial charge in [0.1, 0.15) is 6.10 Å². The lowest BCUT2D eigenvalue weighted by atomic mass is 10.1. The molecule has 0 spiro atoms. The fourth-order valence-electron chi connectivity index (χ4n) is 1.25. The molecule has 0 aromatic carbocycles. The second-order valence-electron chi connectivity index (χ2n) is 4.02. The van der Waals surface area contributed by atoms with Gasteiger partial charge in [0.25, 0.3) is 10.1 Å². The number of hydrogen-bond donors (Lipinski definition) is 2. The molecule has 0 bridgehead atoms. The van der Waals surface area contributed by atoms with Gasteiger partial charge in [0.15, 0.2) is 0 Å². The van der Waals surface area contributed by atoms with Crippen molar-refractivity contribution in [2.24, 2.45) is 0 Å². The van der Waals surface area contributed by atoms with Crippen molar-refractivity contribution in [3.8, 4) is 23.7 Å². The minimum Gasteiger partial charge on any atom is -0.380 e. The van der Waals surface area contributed by atoms with E-state index in [2.05, 4.69) is 23.7 Å². The van der Waals surface area contributed by atoms with E-state index in [0.717, 1.165) is 44.9 Å². The summed E-state index contributed by atoms with van der Waals surface area (Å²) < 4.78 is 25.9. The van der Waals surface area contributed by atoms with Crippen LogP contribution in [0.2, 0.25) is 0 Å². The molecule has 0 aromatic heterocycles. The molecular weight excluding hydrogens is 252 g/mol. The van der Waals surface area contributed by atoms with Gasteiger partial charge in [-0.05, 0) is 25.7 Å². The van der Waals surface area contributed by atoms with Crippen molar-refractivity contribution >= 4 is 10.1 Å². The van der Waals surface area contributed by atoms with Gasteiger partial charge in [-0.25, -0.2) is 0 Å². The molecule has 102 valence electrons. The Bertz CT molecular complexity index is 423. The fourth-order valence-corrected chi connectivity index (χ4v) is 1.25. The summed E-state index contributed by atoms with van der Waals surface area (Å²) >= 11 is 0. The molecule has 0 amide bonds. The van der Waals surface area contributed by atoms with Crippen LogP contribution in [0.1, 0.15) is 44.9 Å². The second-order valence-corrected chi connectivity index (χ2v) is 5.49. The Morgan fingerprint density at radius 3 is 2.00 bits per heavy atom. The molecule has 1 rings (SSSR count). The first-order valence-electron chi connectivity index (χ1n) is 5.94. The molecule has 0 aromatic rings. The maximum atomic E-state index is 9.37. The van der Waals surface area contributed by atoms with Gasteiger partial charge in [0, 0.05) is 19.3 Å². The number of aliphatic hydroxyl groups excluding tert-OH is 1. The van der Waals surface area contributed by atoms with Crippen LogP contribution in [0.5, 0.6) is 0 Å². The third-order valence-corrected chi connectivity index (χ3v) is 2.03. The second kappa shape index (κ2) is 9.96. The zero-order valence-corrected chi connectivity index (χ0v) is 11.5. The normalized spacial score (nSPS) is 20.5. The van der Waals surface area contributed by atoms with E-state index in [9.17, 15) is 13.5 Å². The van der Waals surface area contributed by atoms with Crippen LogP contribution in [0.25, 0.3) is 0 Å². The van der Waals surface area contributed by atoms with E-state index in [0.29, 0.717) is 6.26 Å². The first kappa shape index (κ1) is 17.0. The summed E-state index contributed by atoms with van der Waals surface area (Å²) in [6.07, 6.45) is 7.06. The predicted molar refractivity (Wildman–Crippen MR) is 71.4 cm³/mol. The van der Waals surface area contributed by atoms with Crippen LogP contribution in [0.4, 0.5) is 0 Å². The lowest BCUT2D eigenvalue weighted by Gasteiger charge is -2.00. The lowest BCUT2D eigenvalue weighted by molar-refractivity contribution is 0.219. The summed E-state index contributed by atoms with van der Waals surface area (Å²) in [4.78, 5) is 0. The molecule has 4 nitrogen and oxygen atoms in total. The lowest BCUT2D eigenvalue weighted by Crippen LogP contribution is -2.01. The maximum absolute atomic E-state index is 9.37. The van der Waals surface area contributed by atoms with Crippen molar-refractivity contribution < 1.29 is 18.1 Å². The molecule has 0 aliphatic heterocycles. The Morgan fingerprint density at radius 1 is 1.00 bits per heavy atom. The van der Waals surface area contributed by atoms with Gasteiger partial charge in [0.05, 0.1) is 6.26 Å². The van der Waals surface area contributed by atoms with Crippen LogP contribution in [-0.4, -0.2) is 30.4 Å². The van der Waals surface area contributed by atoms with E-state index < -0.39 is 16.2 Å². The van der Waals surface area contributed by atoms with E-state index in [4.69, 9.17) is 4.55 Å². The van der Waals surface area contributed by atoms with Crippen LogP contribution < -0.4 is 0 Å². The zero-order valence-electron chi connectivity index (χ0n) is 10.6. The molecular formula is C13H20O4S. The minimum absolute atomic E-state index is 0.429. The van der Waals surface area contributed by atoms with Crippen molar-refractivity contribution in [1.82, 2.24) is 0 Å². The third-order valence-electron chi connectivity index (χ3n) is 2.03. The van der Waals surface area contributed by atoms with Crippen LogP contribution in [0.15, 0.2) is 0 Å². The Morgan fingerprint density at radius 2 is 1.44 bits per heavy atom. The van der Waals surface area contributed by atoms with E-state index in [1.165, 1.54) is 0 Å². The molecule has 0 heterocycles. The topological polar surface area (TPSA) is 74.6 Å². The van der Waals surface area contributed by atoms with Crippen LogP contribution >= 0.6 is 0 Å². The van der Waals surface area contributed by atoms with Crippen LogP contribution in [-0.2, 0) is 10.1 Å². The molecule has 2 N–H and O–H groups in total. The Labute approximate surface area is 110 Å². The van der Waals surface area contributed by atoms with Crippen molar-refractivity contribution in [3.63, 3.8) is 0 Å². The molecule has 1 aliphatic carbocycles. The molecule has 1 aliphatic rings. The highest BCUT2D eigenvalue weighted by molar-refractivity contribution is 7.85. The summed E-state index contributed by atoms with van der Waals surface area (Å²) in [6.45, 7) is 0. The highest BCUT2D eigenvalue weighted by atomic mass is 32.2. The maximum Gasteiger partial charge on any atom is 0.261 e. The summed E-state index contributed by atoms with van der Waals surface area (Å²) in [7, 11) is -3.67. The molecule has 18 heavy (non-hydrogen) atoms. The first-order chi connectivity index (χ1) is 8.39. The average Bonchev–Trinajstić information content (AvgIpc) is 2.21. The van der Waals surface area contributed by atoms with E-state index in [1.807, 2.05) is 0 Å². The number of aliphatic hydroxyl groups is 1. The monoisotopic (exact) mass is 272 g/mol. The quantitative estimate of drug-likeness (QED) is 0.519. The van der Waals surface area contributed by atoms with E-state index >= 15 is 0 Å². The van der Waals surface area contributed by atoms with Gasteiger partial charge >= 0.3 is 0 Å². The SMILES string of the molecule is CS(=O)(=O)O.OC1C#CCCCCC#CCCC1. The fraction of sp³-hybridized carbons (Fsp3) is 0.692. The van der Waals surface area contributed by atoms with Gasteiger partial charge in [-0.3, -0.25) is 4.55 Å². The molecule has 5 heteroatoms. The summed E-state index contributed by atoms with van der Waals surface area (Å²) in [5, 5.41) is 9.37. The Hall–Kier alpha value is -1.01. The molecule has 0 saturated heterocycles. The van der Waals surface area contributed by atoms with Crippen LogP contribution in [0, 0.1) is 23.7 Å². The van der Waals surface area contributed by atoms with Crippen LogP contribution in [0.3, 0.4) is 0 Å². The van der Waals surface area contributed by atoms with Crippen molar-refractivity contribution in [3.05, 3.63) is 0 Å². The standard InChI is InChI=1S/C12H16O.CH4O3S/c13-12-10-8-6-4-2-1-3-5-7-9-11-12;1-5(2,3)4/h12-13H,1-2,4,6-7,9,11H2;1H3,(H,2,3,4). The minimum atomic E-state index is -3.67. The van der Waals surface area contributed by atoms with Crippen molar-refractivity contribution in [2.75, 3.05) is 6.26 Å². The molecule has 1 unspecified atom stereocenters. The van der Waals surface area contributed by atoms with Crippen molar-refractivity contribution in [2.45, 2.75) is 51.0 Å². The zero-order chi connectivity index (χ0) is 13.9. The number of hydrogen-bond acceptors (Lipinski definition) is 3. The average molecular weight is 272 g/mol. The molecule has 1 atom stereocenters. The van der Waals surface area contributed by atoms with Crippen molar-refractivity contribution in [1.29, 1.82) is 0 Å². The highest BCUT2D eigenvalue weighted by Crippen LogP contribution is 2.02. The van der Waals surface area contributed by atoms with Gasteiger partial charge < -0.3 is 5.11 Å². The summed E-state index contributed by atoms with van der Waals surface area (Å²) in [5.41, 5.74) is 0. The Balaban J connectivity index is 0.000000494. The summed E-state index contributed by atoms with van der Waals surface area (Å²) in [6, 6.07) is 0. The van der Waals surface area contributed by atoms with Gasteiger partial charge in [-0.1, -0.05) is 5.92 Å². The van der Waals surface area contributed by atoms with Gasteiger partial charge in [-0.15, -0.1) is 17.8 Å². The van der Waals surface area contributed by atoms with E-state index in [1.54, 1.807) is 0 Å². The predicted octanol–water partition coefficient (Wildman–Crippen LogP) is 1.60. The number of rotatable bonds is 0. The van der Waals surface area contributed by atoms with Gasteiger partial charge in [-0.2, -0.15) is 8.42 Å². The largest absolute Gasteiger partial charge is 0.380 e. The van der Waals surface area contributed by atoms with E-state index in [-0.39, 0.29) is 0 Å². The Kier molecular flexibility index (Phi) is 9.40. The first-order valence-corrected chi connectivity index (χ1v) is 7.79. The highest BCUT2D eigenvalue weighted by Gasteiger charge is 1.97. The molecule has 0 fully saturated rings. The summed E-state index contributed by atoms with van der Waals surface area (Å²) in [5.74, 6) is 12.1. The smallest absolute Gasteiger partial charge is 0.261 e. The molecule has 0 radical (unpaired) electrons.